The lowest BCUT2D eigenvalue weighted by Gasteiger charge is -2.25. The van der Waals surface area contributed by atoms with E-state index in [1.807, 2.05) is 12.1 Å². The first-order valence-corrected chi connectivity index (χ1v) is 7.05. The molecular formula is C15H19NO5. The Morgan fingerprint density at radius 3 is 2.71 bits per heavy atom. The zero-order valence-electron chi connectivity index (χ0n) is 11.7. The zero-order chi connectivity index (χ0) is 15.1. The highest BCUT2D eigenvalue weighted by atomic mass is 16.6. The molecule has 6 nitrogen and oxygen atoms in total. The Hall–Kier alpha value is -2.24. The Labute approximate surface area is 123 Å². The fourth-order valence-corrected chi connectivity index (χ4v) is 2.05. The number of rotatable bonds is 7. The maximum absolute atomic E-state index is 11.9. The molecule has 0 saturated carbocycles. The van der Waals surface area contributed by atoms with Gasteiger partial charge in [-0.2, -0.15) is 0 Å². The van der Waals surface area contributed by atoms with E-state index in [0.717, 1.165) is 12.8 Å². The first-order valence-electron chi connectivity index (χ1n) is 7.05. The largest absolute Gasteiger partial charge is 0.485 e. The van der Waals surface area contributed by atoms with Crippen molar-refractivity contribution in [1.29, 1.82) is 0 Å². The van der Waals surface area contributed by atoms with Gasteiger partial charge in [0.15, 0.2) is 11.5 Å². The molecule has 114 valence electrons. The molecular weight excluding hydrogens is 274 g/mol. The van der Waals surface area contributed by atoms with Gasteiger partial charge in [0.2, 0.25) is 6.10 Å². The van der Waals surface area contributed by atoms with E-state index in [1.165, 1.54) is 0 Å². The van der Waals surface area contributed by atoms with Crippen molar-refractivity contribution in [3.05, 3.63) is 24.3 Å². The molecule has 1 atom stereocenters. The van der Waals surface area contributed by atoms with Crippen LogP contribution in [0.4, 0.5) is 0 Å². The van der Waals surface area contributed by atoms with Crippen molar-refractivity contribution in [2.24, 2.45) is 0 Å². The molecule has 1 unspecified atom stereocenters. The molecule has 0 aromatic heterocycles. The van der Waals surface area contributed by atoms with Crippen LogP contribution in [0.3, 0.4) is 0 Å². The molecule has 21 heavy (non-hydrogen) atoms. The Bertz CT molecular complexity index is 503. The molecule has 1 aromatic rings. The van der Waals surface area contributed by atoms with Crippen molar-refractivity contribution in [1.82, 2.24) is 5.32 Å². The summed E-state index contributed by atoms with van der Waals surface area (Å²) in [6.45, 7) is 0.710. The fraction of sp³-hybridized carbons (Fsp3) is 0.467. The van der Waals surface area contributed by atoms with Crippen LogP contribution in [0, 0.1) is 0 Å². The lowest BCUT2D eigenvalue weighted by Crippen LogP contribution is -2.44. The van der Waals surface area contributed by atoms with Crippen LogP contribution in [-0.2, 0) is 9.59 Å². The summed E-state index contributed by atoms with van der Waals surface area (Å²) in [5.41, 5.74) is 0. The van der Waals surface area contributed by atoms with E-state index in [1.54, 1.807) is 12.1 Å². The van der Waals surface area contributed by atoms with E-state index < -0.39 is 12.1 Å². The number of unbranched alkanes of at least 4 members (excludes halogenated alkanes) is 2. The van der Waals surface area contributed by atoms with Crippen molar-refractivity contribution in [2.45, 2.75) is 31.8 Å². The summed E-state index contributed by atoms with van der Waals surface area (Å²) >= 11 is 0. The van der Waals surface area contributed by atoms with Gasteiger partial charge in [0.25, 0.3) is 5.91 Å². The van der Waals surface area contributed by atoms with Gasteiger partial charge in [-0.05, 0) is 25.0 Å². The number of carboxylic acid groups (broad SMARTS) is 1. The van der Waals surface area contributed by atoms with Gasteiger partial charge in [-0.15, -0.1) is 0 Å². The standard InChI is InChI=1S/C15H19NO5/c17-14(18)8-2-1-5-9-16-15(19)13-10-20-11-6-3-4-7-12(11)21-13/h3-4,6-7,13H,1-2,5,8-10H2,(H,16,19)(H,17,18). The number of carboxylic acids is 1. The maximum atomic E-state index is 11.9. The molecule has 0 bridgehead atoms. The predicted molar refractivity (Wildman–Crippen MR) is 75.5 cm³/mol. The average Bonchev–Trinajstić information content (AvgIpc) is 2.49. The van der Waals surface area contributed by atoms with Crippen molar-refractivity contribution < 1.29 is 24.2 Å². The average molecular weight is 293 g/mol. The second-order valence-electron chi connectivity index (χ2n) is 4.86. The SMILES string of the molecule is O=C(O)CCCCCNC(=O)C1COc2ccccc2O1. The number of hydrogen-bond donors (Lipinski definition) is 2. The summed E-state index contributed by atoms with van der Waals surface area (Å²) in [5.74, 6) is 0.230. The Morgan fingerprint density at radius 2 is 1.95 bits per heavy atom. The lowest BCUT2D eigenvalue weighted by atomic mass is 10.2. The summed E-state index contributed by atoms with van der Waals surface area (Å²) in [4.78, 5) is 22.3. The molecule has 1 aliphatic heterocycles. The number of amides is 1. The van der Waals surface area contributed by atoms with Gasteiger partial charge in [0.1, 0.15) is 6.61 Å². The van der Waals surface area contributed by atoms with Gasteiger partial charge < -0.3 is 19.9 Å². The summed E-state index contributed by atoms with van der Waals surface area (Å²) in [5, 5.41) is 11.3. The number of carbonyl (C=O) groups is 2. The summed E-state index contributed by atoms with van der Waals surface area (Å²) in [7, 11) is 0. The van der Waals surface area contributed by atoms with Crippen LogP contribution in [0.5, 0.6) is 11.5 Å². The van der Waals surface area contributed by atoms with Crippen LogP contribution in [0.25, 0.3) is 0 Å². The Balaban J connectivity index is 1.67. The number of benzene rings is 1. The van der Waals surface area contributed by atoms with Crippen LogP contribution < -0.4 is 14.8 Å². The molecule has 0 fully saturated rings. The van der Waals surface area contributed by atoms with Crippen LogP contribution in [0.2, 0.25) is 0 Å². The molecule has 1 amide bonds. The minimum absolute atomic E-state index is 0.171. The number of nitrogens with one attached hydrogen (secondary N) is 1. The predicted octanol–water partition coefficient (Wildman–Crippen LogP) is 1.59. The third-order valence-corrected chi connectivity index (χ3v) is 3.17. The topological polar surface area (TPSA) is 84.9 Å². The highest BCUT2D eigenvalue weighted by Crippen LogP contribution is 2.30. The molecule has 1 heterocycles. The summed E-state index contributed by atoms with van der Waals surface area (Å²) < 4.78 is 11.1. The Kier molecular flexibility index (Phi) is 5.43. The molecule has 0 radical (unpaired) electrons. The smallest absolute Gasteiger partial charge is 0.303 e. The number of fused-ring (bicyclic) bond motifs is 1. The molecule has 1 aliphatic rings. The normalized spacial score (nSPS) is 16.3. The first-order chi connectivity index (χ1) is 10.2. The highest BCUT2D eigenvalue weighted by Gasteiger charge is 2.26. The lowest BCUT2D eigenvalue weighted by molar-refractivity contribution is -0.137. The molecule has 0 aliphatic carbocycles. The summed E-state index contributed by atoms with van der Waals surface area (Å²) in [6.07, 6.45) is 1.69. The third kappa shape index (κ3) is 4.66. The number of hydrogen-bond acceptors (Lipinski definition) is 4. The first kappa shape index (κ1) is 15.2. The quantitative estimate of drug-likeness (QED) is 0.746. The van der Waals surface area contributed by atoms with E-state index in [9.17, 15) is 9.59 Å². The minimum atomic E-state index is -0.787. The monoisotopic (exact) mass is 293 g/mol. The van der Waals surface area contributed by atoms with Crippen molar-refractivity contribution in [3.63, 3.8) is 0 Å². The van der Waals surface area contributed by atoms with Crippen molar-refractivity contribution >= 4 is 11.9 Å². The van der Waals surface area contributed by atoms with Crippen LogP contribution in [0.1, 0.15) is 25.7 Å². The zero-order valence-corrected chi connectivity index (χ0v) is 11.7. The van der Waals surface area contributed by atoms with Gasteiger partial charge in [0, 0.05) is 13.0 Å². The molecule has 6 heteroatoms. The van der Waals surface area contributed by atoms with Gasteiger partial charge in [-0.3, -0.25) is 9.59 Å². The third-order valence-electron chi connectivity index (χ3n) is 3.17. The number of aliphatic carboxylic acids is 1. The highest BCUT2D eigenvalue weighted by molar-refractivity contribution is 5.81. The van der Waals surface area contributed by atoms with Crippen molar-refractivity contribution in [2.75, 3.05) is 13.2 Å². The molecule has 0 spiro atoms. The van der Waals surface area contributed by atoms with E-state index >= 15 is 0 Å². The molecule has 0 saturated heterocycles. The van der Waals surface area contributed by atoms with E-state index in [-0.39, 0.29) is 18.9 Å². The summed E-state index contributed by atoms with van der Waals surface area (Å²) in [6, 6.07) is 7.23. The van der Waals surface area contributed by atoms with E-state index in [4.69, 9.17) is 14.6 Å². The van der Waals surface area contributed by atoms with Crippen LogP contribution >= 0.6 is 0 Å². The van der Waals surface area contributed by atoms with E-state index in [0.29, 0.717) is 24.5 Å². The van der Waals surface area contributed by atoms with Crippen molar-refractivity contribution in [3.8, 4) is 11.5 Å². The van der Waals surface area contributed by atoms with Crippen LogP contribution in [-0.4, -0.2) is 36.2 Å². The second-order valence-corrected chi connectivity index (χ2v) is 4.86. The van der Waals surface area contributed by atoms with Gasteiger partial charge in [-0.1, -0.05) is 18.6 Å². The van der Waals surface area contributed by atoms with E-state index in [2.05, 4.69) is 5.32 Å². The number of carbonyl (C=O) groups excluding carboxylic acids is 1. The minimum Gasteiger partial charge on any atom is -0.485 e. The molecule has 1 aromatic carbocycles. The second kappa shape index (κ2) is 7.52. The van der Waals surface area contributed by atoms with Gasteiger partial charge >= 0.3 is 5.97 Å². The van der Waals surface area contributed by atoms with Gasteiger partial charge in [0.05, 0.1) is 0 Å². The number of ether oxygens (including phenoxy) is 2. The Morgan fingerprint density at radius 1 is 1.19 bits per heavy atom. The maximum Gasteiger partial charge on any atom is 0.303 e. The number of para-hydroxylation sites is 2. The van der Waals surface area contributed by atoms with Gasteiger partial charge in [-0.25, -0.2) is 0 Å². The fourth-order valence-electron chi connectivity index (χ4n) is 2.05. The molecule has 2 N–H and O–H groups in total. The van der Waals surface area contributed by atoms with Crippen LogP contribution in [0.15, 0.2) is 24.3 Å². The molecule has 2 rings (SSSR count).